The van der Waals surface area contributed by atoms with E-state index in [0.717, 1.165) is 44.5 Å². The van der Waals surface area contributed by atoms with Gasteiger partial charge in [-0.05, 0) is 69.1 Å². The maximum absolute atomic E-state index is 15.1. The van der Waals surface area contributed by atoms with E-state index < -0.39 is 21.7 Å². The lowest BCUT2D eigenvalue weighted by Crippen LogP contribution is -2.45. The van der Waals surface area contributed by atoms with E-state index in [4.69, 9.17) is 0 Å². The molecule has 0 spiro atoms. The number of aliphatic hydroxyl groups is 1. The minimum absolute atomic E-state index is 0.152. The fourth-order valence-electron chi connectivity index (χ4n) is 7.30. The number of rotatable bonds is 6. The van der Waals surface area contributed by atoms with Gasteiger partial charge in [-0.2, -0.15) is 0 Å². The predicted molar refractivity (Wildman–Crippen MR) is 192 cm³/mol. The molecule has 0 aromatic heterocycles. The topological polar surface area (TPSA) is 57.6 Å². The Bertz CT molecular complexity index is 2300. The monoisotopic (exact) mass is 643 g/mol. The van der Waals surface area contributed by atoms with E-state index in [1.54, 1.807) is 18.3 Å². The van der Waals surface area contributed by atoms with Crippen LogP contribution in [0.1, 0.15) is 50.5 Å². The lowest BCUT2D eigenvalue weighted by Gasteiger charge is -2.42. The van der Waals surface area contributed by atoms with Gasteiger partial charge in [-0.1, -0.05) is 157 Å². The molecule has 6 aromatic carbocycles. The SMILES string of the molecule is Cc1ccc(S(=O)(=O)N2C=C3C(c4ccccc4)=C(c4ccccc4)c4cccc(c43)[C@](O)(c3ccccc3)[C@@H]2c2ccccc2)cc1. The van der Waals surface area contributed by atoms with Crippen molar-refractivity contribution >= 4 is 26.7 Å². The van der Waals surface area contributed by atoms with Gasteiger partial charge in [-0.3, -0.25) is 4.31 Å². The third kappa shape index (κ3) is 4.66. The lowest BCUT2D eigenvalue weighted by molar-refractivity contribution is 0.0184. The zero-order valence-electron chi connectivity index (χ0n) is 26.4. The second-order valence-electron chi connectivity index (χ2n) is 12.3. The highest BCUT2D eigenvalue weighted by atomic mass is 32.2. The van der Waals surface area contributed by atoms with Crippen LogP contribution in [0.5, 0.6) is 0 Å². The molecule has 4 nitrogen and oxygen atoms in total. The summed E-state index contributed by atoms with van der Waals surface area (Å²) in [6.45, 7) is 1.93. The Morgan fingerprint density at radius 1 is 0.604 bits per heavy atom. The first-order valence-electron chi connectivity index (χ1n) is 16.0. The number of benzene rings is 6. The molecule has 0 saturated carbocycles. The van der Waals surface area contributed by atoms with Gasteiger partial charge in [-0.25, -0.2) is 8.42 Å². The molecule has 0 bridgehead atoms. The van der Waals surface area contributed by atoms with Gasteiger partial charge in [0.05, 0.1) is 4.90 Å². The van der Waals surface area contributed by atoms with Crippen molar-refractivity contribution in [2.24, 2.45) is 0 Å². The number of allylic oxidation sites excluding steroid dienone is 2. The molecule has 1 N–H and O–H groups in total. The quantitative estimate of drug-likeness (QED) is 0.197. The van der Waals surface area contributed by atoms with Crippen molar-refractivity contribution in [2.75, 3.05) is 0 Å². The third-order valence-electron chi connectivity index (χ3n) is 9.49. The Morgan fingerprint density at radius 3 is 1.75 bits per heavy atom. The smallest absolute Gasteiger partial charge is 0.264 e. The van der Waals surface area contributed by atoms with Crippen LogP contribution in [-0.2, 0) is 15.6 Å². The number of sulfonamides is 1. The fraction of sp³-hybridized carbons (Fsp3) is 0.0698. The van der Waals surface area contributed by atoms with Crippen molar-refractivity contribution in [3.05, 3.63) is 214 Å². The summed E-state index contributed by atoms with van der Waals surface area (Å²) in [4.78, 5) is 0.152. The molecule has 2 aliphatic rings. The fourth-order valence-corrected chi connectivity index (χ4v) is 8.82. The first kappa shape index (κ1) is 29.9. The molecule has 0 unspecified atom stereocenters. The second kappa shape index (κ2) is 11.6. The second-order valence-corrected chi connectivity index (χ2v) is 14.2. The van der Waals surface area contributed by atoms with Crippen LogP contribution >= 0.6 is 0 Å². The molecule has 8 rings (SSSR count). The summed E-state index contributed by atoms with van der Waals surface area (Å²) < 4.78 is 31.7. The highest BCUT2D eigenvalue weighted by Crippen LogP contribution is 2.58. The molecule has 0 radical (unpaired) electrons. The van der Waals surface area contributed by atoms with Crippen molar-refractivity contribution in [1.29, 1.82) is 0 Å². The molecule has 0 fully saturated rings. The summed E-state index contributed by atoms with van der Waals surface area (Å²) in [5.41, 5.74) is 7.46. The van der Waals surface area contributed by atoms with Crippen molar-refractivity contribution in [3.8, 4) is 0 Å². The molecule has 0 amide bonds. The van der Waals surface area contributed by atoms with Crippen molar-refractivity contribution in [3.63, 3.8) is 0 Å². The minimum Gasteiger partial charge on any atom is -0.378 e. The molecule has 48 heavy (non-hydrogen) atoms. The van der Waals surface area contributed by atoms with E-state index >= 15 is 8.42 Å². The summed E-state index contributed by atoms with van der Waals surface area (Å²) in [5, 5.41) is 13.6. The normalized spacial score (nSPS) is 18.7. The van der Waals surface area contributed by atoms with E-state index in [1.807, 2.05) is 128 Å². The standard InChI is InChI=1S/C43H33NO3S/c1-30-25-27-35(28-26-30)48(46,47)44-29-37-40(32-17-8-3-9-18-32)39(31-15-6-2-7-16-31)36-23-14-24-38(41(36)37)43(45,34-21-12-5-13-22-34)42(44)33-19-10-4-11-20-33/h2-29,42,45H,1H3/t42-,43+/m0/s1. The molecule has 1 aliphatic heterocycles. The summed E-state index contributed by atoms with van der Waals surface area (Å²) in [6.07, 6.45) is 1.77. The van der Waals surface area contributed by atoms with Crippen LogP contribution in [-0.4, -0.2) is 17.8 Å². The maximum atomic E-state index is 15.1. The molecule has 5 heteroatoms. The van der Waals surface area contributed by atoms with Crippen LogP contribution in [0.2, 0.25) is 0 Å². The van der Waals surface area contributed by atoms with Crippen LogP contribution < -0.4 is 0 Å². The Labute approximate surface area is 281 Å². The van der Waals surface area contributed by atoms with E-state index in [9.17, 15) is 5.11 Å². The summed E-state index contributed by atoms with van der Waals surface area (Å²) in [7, 11) is -4.23. The molecule has 6 aromatic rings. The number of hydrogen-bond donors (Lipinski definition) is 1. The first-order chi connectivity index (χ1) is 23.4. The van der Waals surface area contributed by atoms with Crippen LogP contribution in [0.3, 0.4) is 0 Å². The van der Waals surface area contributed by atoms with E-state index in [-0.39, 0.29) is 4.90 Å². The number of nitrogens with zero attached hydrogens (tertiary/aromatic N) is 1. The Hall–Kier alpha value is -5.49. The van der Waals surface area contributed by atoms with Crippen molar-refractivity contribution < 1.29 is 13.5 Å². The molecule has 2 atom stereocenters. The zero-order valence-corrected chi connectivity index (χ0v) is 27.2. The Balaban J connectivity index is 1.54. The van der Waals surface area contributed by atoms with Gasteiger partial charge in [0, 0.05) is 11.8 Å². The van der Waals surface area contributed by atoms with Crippen LogP contribution in [0.25, 0.3) is 16.7 Å². The van der Waals surface area contributed by atoms with Gasteiger partial charge in [-0.15, -0.1) is 0 Å². The van der Waals surface area contributed by atoms with E-state index in [1.165, 1.54) is 4.31 Å². The van der Waals surface area contributed by atoms with Gasteiger partial charge >= 0.3 is 0 Å². The van der Waals surface area contributed by atoms with Gasteiger partial charge in [0.2, 0.25) is 0 Å². The molecule has 1 heterocycles. The Kier molecular flexibility index (Phi) is 7.24. The Morgan fingerprint density at radius 2 is 1.15 bits per heavy atom. The molecule has 0 saturated heterocycles. The lowest BCUT2D eigenvalue weighted by atomic mass is 9.75. The molecule has 234 valence electrons. The molecular formula is C43H33NO3S. The largest absolute Gasteiger partial charge is 0.378 e. The summed E-state index contributed by atoms with van der Waals surface area (Å²) >= 11 is 0. The zero-order chi connectivity index (χ0) is 32.9. The summed E-state index contributed by atoms with van der Waals surface area (Å²) in [5.74, 6) is 0. The van der Waals surface area contributed by atoms with E-state index in [0.29, 0.717) is 16.7 Å². The van der Waals surface area contributed by atoms with Crippen molar-refractivity contribution in [2.45, 2.75) is 23.5 Å². The van der Waals surface area contributed by atoms with Gasteiger partial charge in [0.15, 0.2) is 0 Å². The molecule has 1 aliphatic carbocycles. The average molecular weight is 644 g/mol. The predicted octanol–water partition coefficient (Wildman–Crippen LogP) is 8.99. The van der Waals surface area contributed by atoms with Crippen LogP contribution in [0.4, 0.5) is 0 Å². The maximum Gasteiger partial charge on any atom is 0.264 e. The number of aryl methyl sites for hydroxylation is 1. The minimum atomic E-state index is -4.23. The highest BCUT2D eigenvalue weighted by molar-refractivity contribution is 7.89. The van der Waals surface area contributed by atoms with Gasteiger partial charge in [0.1, 0.15) is 11.6 Å². The summed E-state index contributed by atoms with van der Waals surface area (Å²) in [6, 6.07) is 51.1. The van der Waals surface area contributed by atoms with E-state index in [2.05, 4.69) is 30.3 Å². The third-order valence-corrected chi connectivity index (χ3v) is 11.2. The first-order valence-corrected chi connectivity index (χ1v) is 17.5. The number of hydrogen-bond acceptors (Lipinski definition) is 3. The van der Waals surface area contributed by atoms with Crippen molar-refractivity contribution in [1.82, 2.24) is 4.31 Å². The average Bonchev–Trinajstić information content (AvgIpc) is 3.40. The van der Waals surface area contributed by atoms with Crippen LogP contribution in [0, 0.1) is 6.92 Å². The van der Waals surface area contributed by atoms with Gasteiger partial charge < -0.3 is 5.11 Å². The van der Waals surface area contributed by atoms with Crippen LogP contribution in [0.15, 0.2) is 175 Å². The molecular weight excluding hydrogens is 611 g/mol. The van der Waals surface area contributed by atoms with Gasteiger partial charge in [0.25, 0.3) is 10.0 Å². The highest BCUT2D eigenvalue weighted by Gasteiger charge is 2.52.